The lowest BCUT2D eigenvalue weighted by Crippen LogP contribution is -2.30. The van der Waals surface area contributed by atoms with Crippen LogP contribution >= 0.6 is 11.6 Å². The first-order valence-electron chi connectivity index (χ1n) is 9.49. The van der Waals surface area contributed by atoms with E-state index < -0.39 is 15.9 Å². The summed E-state index contributed by atoms with van der Waals surface area (Å²) in [5.41, 5.74) is 2.00. The van der Waals surface area contributed by atoms with Crippen LogP contribution in [0.4, 0.5) is 5.82 Å². The van der Waals surface area contributed by atoms with Crippen molar-refractivity contribution in [2.75, 3.05) is 18.4 Å². The number of carbonyl (C=O) groups is 1. The van der Waals surface area contributed by atoms with Crippen molar-refractivity contribution < 1.29 is 13.2 Å². The van der Waals surface area contributed by atoms with E-state index in [-0.39, 0.29) is 15.5 Å². The third-order valence-corrected chi connectivity index (χ3v) is 7.01. The topological polar surface area (TPSA) is 79.4 Å². The molecule has 0 aliphatic carbocycles. The number of pyridine rings is 1. The zero-order valence-corrected chi connectivity index (χ0v) is 18.2. The van der Waals surface area contributed by atoms with Crippen molar-refractivity contribution in [1.82, 2.24) is 9.29 Å². The van der Waals surface area contributed by atoms with E-state index in [1.165, 1.54) is 22.5 Å². The highest BCUT2D eigenvalue weighted by Crippen LogP contribution is 2.24. The quantitative estimate of drug-likeness (QED) is 0.574. The number of amides is 1. The monoisotopic (exact) mass is 443 g/mol. The third-order valence-electron chi connectivity index (χ3n) is 4.64. The van der Waals surface area contributed by atoms with Gasteiger partial charge in [-0.3, -0.25) is 4.79 Å². The van der Waals surface area contributed by atoms with Crippen LogP contribution in [-0.4, -0.2) is 36.7 Å². The van der Waals surface area contributed by atoms with Crippen LogP contribution in [0.2, 0.25) is 5.02 Å². The van der Waals surface area contributed by atoms with Crippen LogP contribution in [0, 0.1) is 0 Å². The van der Waals surface area contributed by atoms with Crippen LogP contribution in [-0.2, 0) is 10.0 Å². The number of carbonyl (C=O) groups excluding carboxylic acids is 1. The van der Waals surface area contributed by atoms with E-state index in [1.54, 1.807) is 26.1 Å². The van der Waals surface area contributed by atoms with Crippen molar-refractivity contribution in [1.29, 1.82) is 0 Å². The Morgan fingerprint density at radius 1 is 1.00 bits per heavy atom. The number of aromatic nitrogens is 1. The Hall–Kier alpha value is -2.74. The molecule has 2 aromatic carbocycles. The van der Waals surface area contributed by atoms with E-state index in [0.29, 0.717) is 18.9 Å². The van der Waals surface area contributed by atoms with Crippen molar-refractivity contribution in [2.24, 2.45) is 0 Å². The summed E-state index contributed by atoms with van der Waals surface area (Å²) in [5.74, 6) is -0.190. The Balaban J connectivity index is 1.83. The molecular weight excluding hydrogens is 422 g/mol. The Bertz CT molecular complexity index is 1130. The van der Waals surface area contributed by atoms with Crippen LogP contribution in [0.25, 0.3) is 11.1 Å². The molecule has 156 valence electrons. The van der Waals surface area contributed by atoms with E-state index in [1.807, 2.05) is 36.4 Å². The Kier molecular flexibility index (Phi) is 6.87. The smallest absolute Gasteiger partial charge is 0.258 e. The van der Waals surface area contributed by atoms with Gasteiger partial charge >= 0.3 is 0 Å². The second-order valence-corrected chi connectivity index (χ2v) is 8.83. The molecule has 0 aliphatic rings. The second-order valence-electron chi connectivity index (χ2n) is 6.48. The predicted octanol–water partition coefficient (Wildman–Crippen LogP) is 4.68. The summed E-state index contributed by atoms with van der Waals surface area (Å²) < 4.78 is 26.8. The molecule has 8 heteroatoms. The number of hydrogen-bond acceptors (Lipinski definition) is 4. The minimum atomic E-state index is -3.70. The van der Waals surface area contributed by atoms with E-state index in [0.717, 1.165) is 11.1 Å². The SMILES string of the molecule is CCN(CC)S(=O)(=O)c1ccc(Cl)c(C(=O)Nc2ccc(-c3ccccc3)cn2)c1. The summed E-state index contributed by atoms with van der Waals surface area (Å²) in [6.07, 6.45) is 1.66. The summed E-state index contributed by atoms with van der Waals surface area (Å²) in [5, 5.41) is 2.83. The van der Waals surface area contributed by atoms with E-state index in [2.05, 4.69) is 10.3 Å². The van der Waals surface area contributed by atoms with E-state index in [4.69, 9.17) is 11.6 Å². The van der Waals surface area contributed by atoms with Crippen LogP contribution in [0.5, 0.6) is 0 Å². The Labute approximate surface area is 181 Å². The molecule has 0 atom stereocenters. The van der Waals surface area contributed by atoms with Gasteiger partial charge in [-0.25, -0.2) is 13.4 Å². The summed E-state index contributed by atoms with van der Waals surface area (Å²) >= 11 is 6.17. The molecule has 30 heavy (non-hydrogen) atoms. The van der Waals surface area contributed by atoms with Crippen LogP contribution < -0.4 is 5.32 Å². The number of benzene rings is 2. The number of halogens is 1. The minimum absolute atomic E-state index is 0.0214. The van der Waals surface area contributed by atoms with Gasteiger partial charge in [0, 0.05) is 24.8 Å². The average molecular weight is 444 g/mol. The van der Waals surface area contributed by atoms with Crippen molar-refractivity contribution in [3.63, 3.8) is 0 Å². The molecule has 0 unspecified atom stereocenters. The number of anilines is 1. The van der Waals surface area contributed by atoms with Crippen molar-refractivity contribution in [3.8, 4) is 11.1 Å². The number of sulfonamides is 1. The van der Waals surface area contributed by atoms with Gasteiger partial charge in [-0.1, -0.05) is 55.8 Å². The average Bonchev–Trinajstić information content (AvgIpc) is 2.75. The van der Waals surface area contributed by atoms with Gasteiger partial charge < -0.3 is 5.32 Å². The van der Waals surface area contributed by atoms with Gasteiger partial charge in [-0.05, 0) is 35.9 Å². The van der Waals surface area contributed by atoms with Gasteiger partial charge in [0.15, 0.2) is 0 Å². The molecule has 1 N–H and O–H groups in total. The molecule has 0 radical (unpaired) electrons. The van der Waals surface area contributed by atoms with Gasteiger partial charge in [0.05, 0.1) is 15.5 Å². The number of rotatable bonds is 7. The highest BCUT2D eigenvalue weighted by Gasteiger charge is 2.24. The van der Waals surface area contributed by atoms with Gasteiger partial charge in [-0.2, -0.15) is 4.31 Å². The van der Waals surface area contributed by atoms with Gasteiger partial charge in [0.2, 0.25) is 10.0 Å². The Morgan fingerprint density at radius 3 is 2.30 bits per heavy atom. The van der Waals surface area contributed by atoms with Crippen molar-refractivity contribution >= 4 is 33.3 Å². The van der Waals surface area contributed by atoms with E-state index >= 15 is 0 Å². The van der Waals surface area contributed by atoms with Gasteiger partial charge in [-0.15, -0.1) is 0 Å². The molecule has 6 nitrogen and oxygen atoms in total. The summed E-state index contributed by atoms with van der Waals surface area (Å²) in [4.78, 5) is 17.0. The molecule has 1 aromatic heterocycles. The maximum Gasteiger partial charge on any atom is 0.258 e. The number of hydrogen-bond donors (Lipinski definition) is 1. The highest BCUT2D eigenvalue weighted by molar-refractivity contribution is 7.89. The Morgan fingerprint density at radius 2 is 1.70 bits per heavy atom. The second kappa shape index (κ2) is 9.38. The fourth-order valence-corrected chi connectivity index (χ4v) is 4.69. The van der Waals surface area contributed by atoms with Crippen LogP contribution in [0.3, 0.4) is 0 Å². The largest absolute Gasteiger partial charge is 0.307 e. The van der Waals surface area contributed by atoms with E-state index in [9.17, 15) is 13.2 Å². The first-order chi connectivity index (χ1) is 14.4. The molecule has 3 rings (SSSR count). The third kappa shape index (κ3) is 4.70. The first-order valence-corrected chi connectivity index (χ1v) is 11.3. The summed E-state index contributed by atoms with van der Waals surface area (Å²) in [6, 6.07) is 17.4. The molecule has 3 aromatic rings. The van der Waals surface area contributed by atoms with Crippen molar-refractivity contribution in [3.05, 3.63) is 77.4 Å². The lowest BCUT2D eigenvalue weighted by molar-refractivity contribution is 0.102. The molecule has 0 bridgehead atoms. The molecule has 1 heterocycles. The standard InChI is InChI=1S/C22H22ClN3O3S/c1-3-26(4-2)30(28,29)18-11-12-20(23)19(14-18)22(27)25-21-13-10-17(15-24-21)16-8-6-5-7-9-16/h5-15H,3-4H2,1-2H3,(H,24,25,27). The maximum absolute atomic E-state index is 12.7. The lowest BCUT2D eigenvalue weighted by atomic mass is 10.1. The molecular formula is C22H22ClN3O3S. The normalized spacial score (nSPS) is 11.5. The van der Waals surface area contributed by atoms with Gasteiger partial charge in [0.1, 0.15) is 5.82 Å². The fraction of sp³-hybridized carbons (Fsp3) is 0.182. The minimum Gasteiger partial charge on any atom is -0.307 e. The fourth-order valence-electron chi connectivity index (χ4n) is 3.00. The number of nitrogens with one attached hydrogen (secondary N) is 1. The van der Waals surface area contributed by atoms with Crippen molar-refractivity contribution in [2.45, 2.75) is 18.7 Å². The van der Waals surface area contributed by atoms with Crippen LogP contribution in [0.1, 0.15) is 24.2 Å². The van der Waals surface area contributed by atoms with Gasteiger partial charge in [0.25, 0.3) is 5.91 Å². The zero-order chi connectivity index (χ0) is 21.7. The highest BCUT2D eigenvalue weighted by atomic mass is 35.5. The predicted molar refractivity (Wildman–Crippen MR) is 119 cm³/mol. The van der Waals surface area contributed by atoms with Crippen LogP contribution in [0.15, 0.2) is 71.8 Å². The maximum atomic E-state index is 12.7. The molecule has 0 saturated carbocycles. The molecule has 0 spiro atoms. The first kappa shape index (κ1) is 22.0. The lowest BCUT2D eigenvalue weighted by Gasteiger charge is -2.19. The zero-order valence-electron chi connectivity index (χ0n) is 16.7. The molecule has 0 fully saturated rings. The molecule has 0 aliphatic heterocycles. The molecule has 0 saturated heterocycles. The summed E-state index contributed by atoms with van der Waals surface area (Å²) in [7, 11) is -3.70. The summed E-state index contributed by atoms with van der Waals surface area (Å²) in [6.45, 7) is 4.19. The number of nitrogens with zero attached hydrogens (tertiary/aromatic N) is 2. The molecule has 1 amide bonds.